The molecule has 1 aromatic rings. The molecule has 0 radical (unpaired) electrons. The second kappa shape index (κ2) is 13.2. The van der Waals surface area contributed by atoms with Crippen LogP contribution in [0.4, 0.5) is 26.3 Å². The predicted octanol–water partition coefficient (Wildman–Crippen LogP) is 2.64. The highest BCUT2D eigenvalue weighted by Gasteiger charge is 2.38. The summed E-state index contributed by atoms with van der Waals surface area (Å²) in [6.07, 6.45) is -3.00. The predicted molar refractivity (Wildman–Crippen MR) is 113 cm³/mol. The Balaban J connectivity index is 0.000000271. The molecule has 2 fully saturated rings. The molecule has 4 rings (SSSR count). The molecule has 1 aromatic heterocycles. The molecule has 0 saturated carbocycles. The number of alkyl halides is 6. The zero-order valence-electron chi connectivity index (χ0n) is 19.5. The fourth-order valence-corrected chi connectivity index (χ4v) is 4.11. The van der Waals surface area contributed by atoms with Crippen LogP contribution < -0.4 is 0 Å². The Morgan fingerprint density at radius 3 is 2.03 bits per heavy atom. The number of fused-ring (bicyclic) bond motifs is 1. The summed E-state index contributed by atoms with van der Waals surface area (Å²) in [5.41, 5.74) is 1.42. The Labute approximate surface area is 203 Å². The van der Waals surface area contributed by atoms with Crippen LogP contribution in [0.3, 0.4) is 0 Å². The van der Waals surface area contributed by atoms with Crippen molar-refractivity contribution in [3.05, 3.63) is 17.7 Å². The van der Waals surface area contributed by atoms with Crippen molar-refractivity contribution in [2.45, 2.75) is 51.1 Å². The van der Waals surface area contributed by atoms with E-state index in [2.05, 4.69) is 20.6 Å². The molecule has 9 nitrogen and oxygen atoms in total. The minimum Gasteiger partial charge on any atom is -0.475 e. The number of nitrogens with zero attached hydrogens (tertiary/aromatic N) is 4. The zero-order chi connectivity index (χ0) is 26.9. The smallest absolute Gasteiger partial charge is 0.475 e. The number of halogens is 6. The molecule has 206 valence electrons. The Bertz CT molecular complexity index is 825. The molecule has 3 aliphatic heterocycles. The number of imidazole rings is 1. The summed E-state index contributed by atoms with van der Waals surface area (Å²) in [4.78, 5) is 27.7. The van der Waals surface area contributed by atoms with E-state index < -0.39 is 24.3 Å². The minimum atomic E-state index is -5.08. The highest BCUT2D eigenvalue weighted by Crippen LogP contribution is 2.19. The van der Waals surface area contributed by atoms with Gasteiger partial charge < -0.3 is 24.4 Å². The Hall–Kier alpha value is -2.39. The standard InChI is InChI=1S/C17H28N4O.2C2HF3O2/c1-2-6-19(5-1)13-16-11-18-17-3-7-20(8-9-21(16)17)12-15-4-10-22-14-15;2*3-2(4,5)1(6)7/h11,15H,1-10,12-14H2;2*(H,6,7). The zero-order valence-corrected chi connectivity index (χ0v) is 19.5. The molecule has 0 amide bonds. The molecule has 0 aromatic carbocycles. The van der Waals surface area contributed by atoms with Gasteiger partial charge in [-0.05, 0) is 38.3 Å². The molecule has 4 heterocycles. The quantitative estimate of drug-likeness (QED) is 0.570. The number of hydrogen-bond donors (Lipinski definition) is 2. The number of hydrogen-bond acceptors (Lipinski definition) is 6. The first-order valence-corrected chi connectivity index (χ1v) is 11.4. The van der Waals surface area contributed by atoms with Crippen LogP contribution in [0, 0.1) is 5.92 Å². The van der Waals surface area contributed by atoms with E-state index >= 15 is 0 Å². The molecule has 36 heavy (non-hydrogen) atoms. The summed E-state index contributed by atoms with van der Waals surface area (Å²) < 4.78 is 71.5. The van der Waals surface area contributed by atoms with E-state index in [0.717, 1.165) is 51.7 Å². The van der Waals surface area contributed by atoms with Crippen LogP contribution >= 0.6 is 0 Å². The second-order valence-electron chi connectivity index (χ2n) is 8.69. The van der Waals surface area contributed by atoms with Crippen molar-refractivity contribution >= 4 is 11.9 Å². The van der Waals surface area contributed by atoms with Crippen LogP contribution in [0.15, 0.2) is 6.20 Å². The van der Waals surface area contributed by atoms with Gasteiger partial charge in [-0.25, -0.2) is 14.6 Å². The molecule has 0 aliphatic carbocycles. The molecule has 1 atom stereocenters. The maximum atomic E-state index is 10.6. The normalized spacial score (nSPS) is 21.0. The van der Waals surface area contributed by atoms with Crippen LogP contribution in [0.2, 0.25) is 0 Å². The van der Waals surface area contributed by atoms with Crippen molar-refractivity contribution in [3.63, 3.8) is 0 Å². The molecular weight excluding hydrogens is 502 g/mol. The van der Waals surface area contributed by atoms with E-state index in [-0.39, 0.29) is 0 Å². The van der Waals surface area contributed by atoms with Crippen molar-refractivity contribution < 1.29 is 50.9 Å². The second-order valence-corrected chi connectivity index (χ2v) is 8.69. The number of ether oxygens (including phenoxy) is 1. The molecule has 15 heteroatoms. The van der Waals surface area contributed by atoms with Gasteiger partial charge in [0.1, 0.15) is 5.82 Å². The molecule has 2 N–H and O–H groups in total. The molecular formula is C21H30F6N4O5. The lowest BCUT2D eigenvalue weighted by molar-refractivity contribution is -0.193. The van der Waals surface area contributed by atoms with Crippen molar-refractivity contribution in [1.82, 2.24) is 19.4 Å². The molecule has 0 bridgehead atoms. The van der Waals surface area contributed by atoms with Crippen LogP contribution in [0.5, 0.6) is 0 Å². The largest absolute Gasteiger partial charge is 0.490 e. The van der Waals surface area contributed by atoms with Gasteiger partial charge in [-0.15, -0.1) is 0 Å². The van der Waals surface area contributed by atoms with Crippen LogP contribution in [0.25, 0.3) is 0 Å². The van der Waals surface area contributed by atoms with E-state index in [1.807, 2.05) is 0 Å². The summed E-state index contributed by atoms with van der Waals surface area (Å²) in [7, 11) is 0. The number of carbonyl (C=O) groups is 2. The van der Waals surface area contributed by atoms with Gasteiger partial charge >= 0.3 is 24.3 Å². The van der Waals surface area contributed by atoms with Gasteiger partial charge in [0, 0.05) is 51.9 Å². The first-order chi connectivity index (χ1) is 16.8. The van der Waals surface area contributed by atoms with Crippen molar-refractivity contribution in [2.75, 3.05) is 45.9 Å². The van der Waals surface area contributed by atoms with Crippen LogP contribution in [0.1, 0.15) is 30.8 Å². The molecule has 0 spiro atoms. The number of likely N-dealkylation sites (tertiary alicyclic amines) is 1. The van der Waals surface area contributed by atoms with Gasteiger partial charge in [-0.3, -0.25) is 4.90 Å². The van der Waals surface area contributed by atoms with Crippen LogP contribution in [-0.2, 0) is 33.8 Å². The maximum absolute atomic E-state index is 10.6. The third kappa shape index (κ3) is 9.93. The Kier molecular flexibility index (Phi) is 11.0. The van der Waals surface area contributed by atoms with Gasteiger partial charge in [0.15, 0.2) is 0 Å². The Morgan fingerprint density at radius 1 is 0.944 bits per heavy atom. The van der Waals surface area contributed by atoms with Gasteiger partial charge in [0.25, 0.3) is 0 Å². The highest BCUT2D eigenvalue weighted by atomic mass is 19.4. The van der Waals surface area contributed by atoms with E-state index in [9.17, 15) is 26.3 Å². The highest BCUT2D eigenvalue weighted by molar-refractivity contribution is 5.73. The average Bonchev–Trinajstić information content (AvgIpc) is 3.51. The van der Waals surface area contributed by atoms with Gasteiger partial charge in [-0.2, -0.15) is 26.3 Å². The van der Waals surface area contributed by atoms with Crippen molar-refractivity contribution in [3.8, 4) is 0 Å². The number of carboxylic acids is 2. The number of carboxylic acid groups (broad SMARTS) is 2. The molecule has 1 unspecified atom stereocenters. The van der Waals surface area contributed by atoms with Crippen molar-refractivity contribution in [2.24, 2.45) is 5.92 Å². The van der Waals surface area contributed by atoms with Gasteiger partial charge in [0.2, 0.25) is 0 Å². The summed E-state index contributed by atoms with van der Waals surface area (Å²) in [5, 5.41) is 14.2. The lowest BCUT2D eigenvalue weighted by Crippen LogP contribution is -2.32. The van der Waals surface area contributed by atoms with E-state index in [4.69, 9.17) is 29.5 Å². The number of rotatable bonds is 4. The average molecular weight is 532 g/mol. The lowest BCUT2D eigenvalue weighted by atomic mass is 10.1. The first-order valence-electron chi connectivity index (χ1n) is 11.4. The minimum absolute atomic E-state index is 0.745. The van der Waals surface area contributed by atoms with Gasteiger partial charge in [-0.1, -0.05) is 0 Å². The number of aliphatic carboxylic acids is 2. The molecule has 2 saturated heterocycles. The summed E-state index contributed by atoms with van der Waals surface area (Å²) in [6, 6.07) is 0. The fourth-order valence-electron chi connectivity index (χ4n) is 4.11. The summed E-state index contributed by atoms with van der Waals surface area (Å²) in [6.45, 7) is 10.1. The molecule has 3 aliphatic rings. The summed E-state index contributed by atoms with van der Waals surface area (Å²) in [5.74, 6) is -3.48. The third-order valence-electron chi connectivity index (χ3n) is 5.92. The Morgan fingerprint density at radius 2 is 1.53 bits per heavy atom. The van der Waals surface area contributed by atoms with E-state index in [0.29, 0.717) is 0 Å². The number of aromatic nitrogens is 2. The van der Waals surface area contributed by atoms with E-state index in [1.54, 1.807) is 0 Å². The third-order valence-corrected chi connectivity index (χ3v) is 5.92. The lowest BCUT2D eigenvalue weighted by Gasteiger charge is -2.23. The monoisotopic (exact) mass is 532 g/mol. The first kappa shape index (κ1) is 29.8. The SMILES string of the molecule is O=C(O)C(F)(F)F.O=C(O)C(F)(F)F.c1nc2n(c1CN1CCCC1)CCN(CC1CCOC1)CC2. The maximum Gasteiger partial charge on any atom is 0.490 e. The topological polar surface area (TPSA) is 108 Å². The van der Waals surface area contributed by atoms with E-state index in [1.165, 1.54) is 50.4 Å². The van der Waals surface area contributed by atoms with Gasteiger partial charge in [0.05, 0.1) is 12.3 Å². The van der Waals surface area contributed by atoms with Crippen LogP contribution in [-0.4, -0.2) is 99.8 Å². The summed E-state index contributed by atoms with van der Waals surface area (Å²) >= 11 is 0. The van der Waals surface area contributed by atoms with Crippen molar-refractivity contribution in [1.29, 1.82) is 0 Å². The fraction of sp³-hybridized carbons (Fsp3) is 0.762.